The average Bonchev–Trinajstić information content (AvgIpc) is 3.02. The summed E-state index contributed by atoms with van der Waals surface area (Å²) in [5.41, 5.74) is -0.797. The number of hydrogen-bond acceptors (Lipinski definition) is 2. The van der Waals surface area contributed by atoms with Crippen LogP contribution in [0.1, 0.15) is 33.6 Å². The van der Waals surface area contributed by atoms with E-state index < -0.39 is 42.2 Å². The minimum atomic E-state index is -4.50. The smallest absolute Gasteiger partial charge is 0.406 e. The summed E-state index contributed by atoms with van der Waals surface area (Å²) >= 11 is 0. The highest BCUT2D eigenvalue weighted by atomic mass is 19.4. The van der Waals surface area contributed by atoms with Crippen LogP contribution in [0.3, 0.4) is 0 Å². The molecule has 0 unspecified atom stereocenters. The van der Waals surface area contributed by atoms with Crippen LogP contribution in [0.25, 0.3) is 0 Å². The fourth-order valence-corrected chi connectivity index (χ4v) is 1.80. The average molecular weight is 296 g/mol. The predicted molar refractivity (Wildman–Crippen MR) is 65.2 cm³/mol. The van der Waals surface area contributed by atoms with Crippen LogP contribution in [0.15, 0.2) is 0 Å². The molecule has 0 heterocycles. The van der Waals surface area contributed by atoms with Gasteiger partial charge in [-0.05, 0) is 18.3 Å². The molecule has 0 saturated heterocycles. The summed E-state index contributed by atoms with van der Waals surface area (Å²) in [5, 5.41) is 11.3. The predicted octanol–water partition coefficient (Wildman–Crippen LogP) is 2.22. The zero-order valence-electron chi connectivity index (χ0n) is 11.6. The molecule has 0 spiro atoms. The van der Waals surface area contributed by atoms with Gasteiger partial charge in [-0.2, -0.15) is 13.2 Å². The quantitative estimate of drug-likeness (QED) is 0.835. The molecule has 1 aliphatic carbocycles. The maximum absolute atomic E-state index is 12.4. The van der Waals surface area contributed by atoms with Gasteiger partial charge in [-0.25, -0.2) is 9.59 Å². The van der Waals surface area contributed by atoms with Crippen molar-refractivity contribution < 1.29 is 27.9 Å². The van der Waals surface area contributed by atoms with Gasteiger partial charge < -0.3 is 15.3 Å². The second-order valence-electron chi connectivity index (χ2n) is 6.06. The second kappa shape index (κ2) is 5.49. The van der Waals surface area contributed by atoms with E-state index in [0.717, 1.165) is 0 Å². The molecule has 1 aliphatic rings. The minimum absolute atomic E-state index is 0.453. The van der Waals surface area contributed by atoms with E-state index in [1.165, 1.54) is 0 Å². The maximum Gasteiger partial charge on any atom is 0.406 e. The number of hydrogen-bond donors (Lipinski definition) is 2. The number of carbonyl (C=O) groups excluding carboxylic acids is 1. The van der Waals surface area contributed by atoms with E-state index in [0.29, 0.717) is 17.7 Å². The Labute approximate surface area is 115 Å². The van der Waals surface area contributed by atoms with Gasteiger partial charge in [0.25, 0.3) is 0 Å². The van der Waals surface area contributed by atoms with E-state index in [9.17, 15) is 22.8 Å². The molecule has 0 radical (unpaired) electrons. The van der Waals surface area contributed by atoms with Crippen molar-refractivity contribution in [2.45, 2.75) is 51.9 Å². The molecule has 20 heavy (non-hydrogen) atoms. The van der Waals surface area contributed by atoms with Crippen molar-refractivity contribution in [3.8, 4) is 0 Å². The third kappa shape index (κ3) is 4.90. The molecule has 0 aromatic rings. The largest absolute Gasteiger partial charge is 0.480 e. The number of carboxylic acids is 1. The third-order valence-corrected chi connectivity index (χ3v) is 2.98. The maximum atomic E-state index is 12.4. The van der Waals surface area contributed by atoms with Gasteiger partial charge in [-0.15, -0.1) is 0 Å². The topological polar surface area (TPSA) is 69.6 Å². The van der Waals surface area contributed by atoms with Crippen molar-refractivity contribution in [1.82, 2.24) is 10.2 Å². The van der Waals surface area contributed by atoms with E-state index in [1.807, 2.05) is 0 Å². The van der Waals surface area contributed by atoms with Gasteiger partial charge >= 0.3 is 18.2 Å². The van der Waals surface area contributed by atoms with Crippen molar-refractivity contribution >= 4 is 12.0 Å². The summed E-state index contributed by atoms with van der Waals surface area (Å²) < 4.78 is 37.3. The van der Waals surface area contributed by atoms with Crippen molar-refractivity contribution in [3.63, 3.8) is 0 Å². The molecule has 1 rings (SSSR count). The summed E-state index contributed by atoms with van der Waals surface area (Å²) in [6, 6.07) is -2.68. The zero-order valence-corrected chi connectivity index (χ0v) is 11.6. The highest BCUT2D eigenvalue weighted by Gasteiger charge is 2.42. The summed E-state index contributed by atoms with van der Waals surface area (Å²) in [6.45, 7) is 3.42. The van der Waals surface area contributed by atoms with Crippen molar-refractivity contribution in [3.05, 3.63) is 0 Å². The van der Waals surface area contributed by atoms with Crippen LogP contribution in [0, 0.1) is 5.41 Å². The molecule has 1 saturated carbocycles. The third-order valence-electron chi connectivity index (χ3n) is 2.98. The Morgan fingerprint density at radius 3 is 2.10 bits per heavy atom. The van der Waals surface area contributed by atoms with E-state index in [4.69, 9.17) is 5.11 Å². The van der Waals surface area contributed by atoms with E-state index >= 15 is 0 Å². The molecular formula is C12H19F3N2O3. The first kappa shape index (κ1) is 16.6. The highest BCUT2D eigenvalue weighted by molar-refractivity contribution is 5.83. The van der Waals surface area contributed by atoms with E-state index in [-0.39, 0.29) is 0 Å². The van der Waals surface area contributed by atoms with Crippen LogP contribution in [0.5, 0.6) is 0 Å². The Morgan fingerprint density at radius 1 is 1.30 bits per heavy atom. The number of nitrogens with zero attached hydrogens (tertiary/aromatic N) is 1. The lowest BCUT2D eigenvalue weighted by molar-refractivity contribution is -0.143. The lowest BCUT2D eigenvalue weighted by Crippen LogP contribution is -2.55. The highest BCUT2D eigenvalue weighted by Crippen LogP contribution is 2.30. The van der Waals surface area contributed by atoms with Gasteiger partial charge in [-0.1, -0.05) is 20.8 Å². The van der Waals surface area contributed by atoms with Crippen LogP contribution in [0.2, 0.25) is 0 Å². The first-order valence-electron chi connectivity index (χ1n) is 6.28. The number of amides is 2. The van der Waals surface area contributed by atoms with Gasteiger partial charge in [0.1, 0.15) is 12.6 Å². The van der Waals surface area contributed by atoms with E-state index in [1.54, 1.807) is 20.8 Å². The van der Waals surface area contributed by atoms with Crippen molar-refractivity contribution in [1.29, 1.82) is 0 Å². The molecule has 2 N–H and O–H groups in total. The van der Waals surface area contributed by atoms with Gasteiger partial charge in [-0.3, -0.25) is 0 Å². The van der Waals surface area contributed by atoms with Gasteiger partial charge in [0.05, 0.1) is 0 Å². The van der Waals surface area contributed by atoms with Crippen LogP contribution < -0.4 is 5.32 Å². The molecule has 1 atom stereocenters. The summed E-state index contributed by atoms with van der Waals surface area (Å²) in [4.78, 5) is 23.7. The van der Waals surface area contributed by atoms with Crippen LogP contribution in [-0.2, 0) is 4.79 Å². The fraction of sp³-hybridized carbons (Fsp3) is 0.833. The molecule has 5 nitrogen and oxygen atoms in total. The number of carboxylic acid groups (broad SMARTS) is 1. The number of nitrogens with one attached hydrogen (secondary N) is 1. The molecule has 0 aliphatic heterocycles. The fourth-order valence-electron chi connectivity index (χ4n) is 1.80. The molecule has 0 aromatic heterocycles. The lowest BCUT2D eigenvalue weighted by Gasteiger charge is -2.31. The summed E-state index contributed by atoms with van der Waals surface area (Å²) in [7, 11) is 0. The summed E-state index contributed by atoms with van der Waals surface area (Å²) in [5.74, 6) is -1.27. The SMILES string of the molecule is CC(C)(C)[C@H](NC(=O)N(CC(F)(F)F)C1CC1)C(=O)O. The second-order valence-corrected chi connectivity index (χ2v) is 6.06. The molecule has 0 bridgehead atoms. The van der Waals surface area contributed by atoms with Crippen molar-refractivity contribution in [2.24, 2.45) is 5.41 Å². The molecule has 2 amide bonds. The molecule has 1 fully saturated rings. The first-order valence-corrected chi connectivity index (χ1v) is 6.28. The Hall–Kier alpha value is -1.47. The Balaban J connectivity index is 2.77. The van der Waals surface area contributed by atoms with E-state index in [2.05, 4.69) is 5.32 Å². The van der Waals surface area contributed by atoms with Gasteiger partial charge in [0.2, 0.25) is 0 Å². The molecular weight excluding hydrogens is 277 g/mol. The number of halogens is 3. The number of rotatable bonds is 4. The van der Waals surface area contributed by atoms with Gasteiger partial charge in [0, 0.05) is 6.04 Å². The lowest BCUT2D eigenvalue weighted by atomic mass is 9.87. The first-order chi connectivity index (χ1) is 8.92. The number of alkyl halides is 3. The van der Waals surface area contributed by atoms with Crippen LogP contribution in [0.4, 0.5) is 18.0 Å². The zero-order chi connectivity index (χ0) is 15.7. The van der Waals surface area contributed by atoms with Gasteiger partial charge in [0.15, 0.2) is 0 Å². The van der Waals surface area contributed by atoms with Crippen LogP contribution >= 0.6 is 0 Å². The monoisotopic (exact) mass is 296 g/mol. The number of carbonyl (C=O) groups is 2. The Kier molecular flexibility index (Phi) is 4.55. The van der Waals surface area contributed by atoms with Crippen molar-refractivity contribution in [2.75, 3.05) is 6.54 Å². The minimum Gasteiger partial charge on any atom is -0.480 e. The summed E-state index contributed by atoms with van der Waals surface area (Å²) in [6.07, 6.45) is -3.48. The Morgan fingerprint density at radius 2 is 1.80 bits per heavy atom. The number of urea groups is 1. The normalized spacial score (nSPS) is 17.5. The van der Waals surface area contributed by atoms with Crippen LogP contribution in [-0.4, -0.2) is 46.8 Å². The standard InChI is InChI=1S/C12H19F3N2O3/c1-11(2,3)8(9(18)19)16-10(20)17(7-4-5-7)6-12(13,14)15/h7-8H,4-6H2,1-3H3,(H,16,20)(H,18,19)/t8-/m1/s1. The molecule has 0 aromatic carbocycles. The molecule has 8 heteroatoms. The Bertz CT molecular complexity index is 386. The number of aliphatic carboxylic acids is 1. The molecule has 116 valence electrons.